The van der Waals surface area contributed by atoms with E-state index in [0.29, 0.717) is 13.0 Å². The summed E-state index contributed by atoms with van der Waals surface area (Å²) in [6.45, 7) is 2.04. The van der Waals surface area contributed by atoms with Gasteiger partial charge in [0.25, 0.3) is 0 Å². The number of aryl methyl sites for hydroxylation is 1. The maximum absolute atomic E-state index is 12.4. The van der Waals surface area contributed by atoms with Crippen LogP contribution in [0.25, 0.3) is 0 Å². The molecule has 3 N–H and O–H groups in total. The van der Waals surface area contributed by atoms with E-state index in [2.05, 4.69) is 10.4 Å². The number of aromatic nitrogens is 2. The van der Waals surface area contributed by atoms with Crippen LogP contribution in [0.5, 0.6) is 0 Å². The average Bonchev–Trinajstić information content (AvgIpc) is 2.85. The number of carbonyl (C=O) groups is 1. The maximum atomic E-state index is 12.4. The molecule has 19 heavy (non-hydrogen) atoms. The number of nitrogen functional groups attached to an aromatic ring is 1. The Labute approximate surface area is 111 Å². The van der Waals surface area contributed by atoms with Crippen molar-refractivity contribution < 1.29 is 13.2 Å². The van der Waals surface area contributed by atoms with Crippen LogP contribution >= 0.6 is 0 Å². The van der Waals surface area contributed by atoms with Gasteiger partial charge in [0.2, 0.25) is 15.9 Å². The van der Waals surface area contributed by atoms with Crippen LogP contribution in [0.15, 0.2) is 11.1 Å². The molecule has 0 saturated carbocycles. The first-order valence-corrected chi connectivity index (χ1v) is 7.31. The molecule has 0 bridgehead atoms. The van der Waals surface area contributed by atoms with Crippen LogP contribution in [0, 0.1) is 0 Å². The third-order valence-electron chi connectivity index (χ3n) is 3.00. The van der Waals surface area contributed by atoms with Gasteiger partial charge < -0.3 is 11.1 Å². The average molecular weight is 287 g/mol. The Kier molecular flexibility index (Phi) is 3.50. The highest BCUT2D eigenvalue weighted by atomic mass is 32.2. The van der Waals surface area contributed by atoms with Gasteiger partial charge in [-0.1, -0.05) is 0 Å². The number of hydrogen-bond acceptors (Lipinski definition) is 5. The van der Waals surface area contributed by atoms with Crippen molar-refractivity contribution in [1.82, 2.24) is 19.4 Å². The largest absolute Gasteiger partial charge is 0.381 e. The van der Waals surface area contributed by atoms with Crippen LogP contribution in [-0.2, 0) is 21.9 Å². The molecule has 8 nitrogen and oxygen atoms in total. The van der Waals surface area contributed by atoms with E-state index in [4.69, 9.17) is 5.73 Å². The maximum Gasteiger partial charge on any atom is 0.248 e. The SMILES string of the molecule is CC(=O)NC1CCN(S(=O)(=O)c2cn(C)nc2N)C1. The second-order valence-electron chi connectivity index (χ2n) is 4.60. The van der Waals surface area contributed by atoms with Crippen molar-refractivity contribution in [3.63, 3.8) is 0 Å². The van der Waals surface area contributed by atoms with E-state index in [1.54, 1.807) is 7.05 Å². The number of rotatable bonds is 3. The lowest BCUT2D eigenvalue weighted by Gasteiger charge is -2.16. The van der Waals surface area contributed by atoms with E-state index < -0.39 is 10.0 Å². The van der Waals surface area contributed by atoms with Gasteiger partial charge in [0.05, 0.1) is 0 Å². The van der Waals surface area contributed by atoms with Crippen molar-refractivity contribution in [3.05, 3.63) is 6.20 Å². The molecule has 2 rings (SSSR count). The summed E-state index contributed by atoms with van der Waals surface area (Å²) >= 11 is 0. The van der Waals surface area contributed by atoms with Gasteiger partial charge in [0.1, 0.15) is 4.90 Å². The molecule has 2 heterocycles. The third-order valence-corrected chi connectivity index (χ3v) is 4.88. The molecule has 106 valence electrons. The summed E-state index contributed by atoms with van der Waals surface area (Å²) in [7, 11) is -2.03. The third kappa shape index (κ3) is 2.71. The van der Waals surface area contributed by atoms with Gasteiger partial charge in [0.15, 0.2) is 5.82 Å². The van der Waals surface area contributed by atoms with Crippen molar-refractivity contribution in [2.45, 2.75) is 24.3 Å². The molecule has 0 aliphatic carbocycles. The Hall–Kier alpha value is -1.61. The van der Waals surface area contributed by atoms with Crippen LogP contribution < -0.4 is 11.1 Å². The second-order valence-corrected chi connectivity index (χ2v) is 6.51. The van der Waals surface area contributed by atoms with E-state index in [9.17, 15) is 13.2 Å². The van der Waals surface area contributed by atoms with E-state index in [1.807, 2.05) is 0 Å². The summed E-state index contributed by atoms with van der Waals surface area (Å²) in [4.78, 5) is 11.0. The highest BCUT2D eigenvalue weighted by Gasteiger charge is 2.34. The molecule has 1 unspecified atom stereocenters. The Balaban J connectivity index is 2.18. The van der Waals surface area contributed by atoms with E-state index in [-0.39, 0.29) is 29.2 Å². The zero-order valence-electron chi connectivity index (χ0n) is 10.8. The fourth-order valence-corrected chi connectivity index (χ4v) is 3.76. The highest BCUT2D eigenvalue weighted by Crippen LogP contribution is 2.24. The Bertz CT molecular complexity index is 594. The van der Waals surface area contributed by atoms with Gasteiger partial charge in [-0.3, -0.25) is 9.48 Å². The van der Waals surface area contributed by atoms with Gasteiger partial charge in [-0.15, -0.1) is 0 Å². The fraction of sp³-hybridized carbons (Fsp3) is 0.600. The molecule has 1 aliphatic rings. The predicted molar refractivity (Wildman–Crippen MR) is 68.6 cm³/mol. The number of nitrogens with one attached hydrogen (secondary N) is 1. The first kappa shape index (κ1) is 13.8. The zero-order valence-corrected chi connectivity index (χ0v) is 11.6. The summed E-state index contributed by atoms with van der Waals surface area (Å²) in [5.41, 5.74) is 5.60. The molecule has 1 aromatic heterocycles. The van der Waals surface area contributed by atoms with Crippen molar-refractivity contribution in [2.24, 2.45) is 7.05 Å². The summed E-state index contributed by atoms with van der Waals surface area (Å²) in [6.07, 6.45) is 1.98. The number of nitrogens with zero attached hydrogens (tertiary/aromatic N) is 3. The van der Waals surface area contributed by atoms with Gasteiger partial charge in [-0.05, 0) is 6.42 Å². The van der Waals surface area contributed by atoms with Crippen LogP contribution in [0.4, 0.5) is 5.82 Å². The molecule has 0 spiro atoms. The lowest BCUT2D eigenvalue weighted by atomic mass is 10.3. The molecule has 1 saturated heterocycles. The van der Waals surface area contributed by atoms with Gasteiger partial charge in [0, 0.05) is 39.3 Å². The summed E-state index contributed by atoms with van der Waals surface area (Å²) < 4.78 is 27.4. The molecule has 0 radical (unpaired) electrons. The van der Waals surface area contributed by atoms with Gasteiger partial charge in [-0.25, -0.2) is 8.42 Å². The summed E-state index contributed by atoms with van der Waals surface area (Å²) in [6, 6.07) is -0.148. The molecule has 1 fully saturated rings. The monoisotopic (exact) mass is 287 g/mol. The normalized spacial score (nSPS) is 20.6. The Morgan fingerprint density at radius 1 is 1.58 bits per heavy atom. The Morgan fingerprint density at radius 3 is 2.79 bits per heavy atom. The smallest absolute Gasteiger partial charge is 0.248 e. The molecule has 0 aromatic carbocycles. The minimum absolute atomic E-state index is 0.00882. The number of nitrogens with two attached hydrogens (primary N) is 1. The minimum Gasteiger partial charge on any atom is -0.381 e. The molecular weight excluding hydrogens is 270 g/mol. The van der Waals surface area contributed by atoms with Gasteiger partial charge in [-0.2, -0.15) is 9.40 Å². The summed E-state index contributed by atoms with van der Waals surface area (Å²) in [5, 5.41) is 6.55. The van der Waals surface area contributed by atoms with Crippen LogP contribution in [0.1, 0.15) is 13.3 Å². The van der Waals surface area contributed by atoms with E-state index >= 15 is 0 Å². The summed E-state index contributed by atoms with van der Waals surface area (Å²) in [5.74, 6) is -0.171. The first-order valence-electron chi connectivity index (χ1n) is 5.87. The molecule has 1 atom stereocenters. The number of hydrogen-bond donors (Lipinski definition) is 2. The lowest BCUT2D eigenvalue weighted by molar-refractivity contribution is -0.119. The molecule has 1 amide bonds. The van der Waals surface area contributed by atoms with Crippen LogP contribution in [0.3, 0.4) is 0 Å². The standard InChI is InChI=1S/C10H17N5O3S/c1-7(16)12-8-3-4-15(5-8)19(17,18)9-6-14(2)13-10(9)11/h6,8H,3-5H2,1-2H3,(H2,11,13)(H,12,16). The topological polar surface area (TPSA) is 110 Å². The number of anilines is 1. The number of carbonyl (C=O) groups excluding carboxylic acids is 1. The minimum atomic E-state index is -3.64. The zero-order chi connectivity index (χ0) is 14.2. The van der Waals surface area contributed by atoms with E-state index in [0.717, 1.165) is 0 Å². The predicted octanol–water partition coefficient (Wildman–Crippen LogP) is -1.10. The first-order chi connectivity index (χ1) is 8.80. The van der Waals surface area contributed by atoms with E-state index in [1.165, 1.54) is 22.1 Å². The van der Waals surface area contributed by atoms with Crippen molar-refractivity contribution in [1.29, 1.82) is 0 Å². The fourth-order valence-electron chi connectivity index (χ4n) is 2.17. The molecule has 9 heteroatoms. The number of amides is 1. The van der Waals surface area contributed by atoms with Crippen molar-refractivity contribution in [2.75, 3.05) is 18.8 Å². The highest BCUT2D eigenvalue weighted by molar-refractivity contribution is 7.89. The molecular formula is C10H17N5O3S. The second kappa shape index (κ2) is 4.82. The number of sulfonamides is 1. The lowest BCUT2D eigenvalue weighted by Crippen LogP contribution is -2.37. The molecule has 1 aliphatic heterocycles. The van der Waals surface area contributed by atoms with Crippen LogP contribution in [0.2, 0.25) is 0 Å². The Morgan fingerprint density at radius 2 is 2.26 bits per heavy atom. The van der Waals surface area contributed by atoms with Crippen molar-refractivity contribution >= 4 is 21.7 Å². The van der Waals surface area contributed by atoms with Crippen LogP contribution in [-0.4, -0.2) is 47.5 Å². The van der Waals surface area contributed by atoms with Gasteiger partial charge >= 0.3 is 0 Å². The molecule has 1 aromatic rings. The van der Waals surface area contributed by atoms with Crippen molar-refractivity contribution in [3.8, 4) is 0 Å². The quantitative estimate of drug-likeness (QED) is 0.733.